The predicted octanol–water partition coefficient (Wildman–Crippen LogP) is 6.23. The summed E-state index contributed by atoms with van der Waals surface area (Å²) in [4.78, 5) is 3.44. The number of thiophene rings is 1. The number of ether oxygens (including phenoxy) is 1. The van der Waals surface area contributed by atoms with E-state index in [0.717, 1.165) is 33.1 Å². The van der Waals surface area contributed by atoms with Gasteiger partial charge in [0, 0.05) is 35.9 Å². The van der Waals surface area contributed by atoms with Gasteiger partial charge >= 0.3 is 0 Å². The maximum Gasteiger partial charge on any atom is 0.246 e. The van der Waals surface area contributed by atoms with Crippen LogP contribution in [-0.4, -0.2) is 54.8 Å². The van der Waals surface area contributed by atoms with Gasteiger partial charge in [-0.1, -0.05) is 47.5 Å². The maximum atomic E-state index is 13.2. The van der Waals surface area contributed by atoms with Crippen LogP contribution in [0, 0.1) is 5.92 Å². The van der Waals surface area contributed by atoms with Gasteiger partial charge in [-0.15, -0.1) is 11.3 Å². The van der Waals surface area contributed by atoms with E-state index in [9.17, 15) is 13.5 Å². The lowest BCUT2D eigenvalue weighted by Crippen LogP contribution is -2.47. The molecule has 37 heavy (non-hydrogen) atoms. The van der Waals surface area contributed by atoms with Gasteiger partial charge in [-0.05, 0) is 59.8 Å². The number of nitrogens with zero attached hydrogens (tertiary/aromatic N) is 1. The maximum absolute atomic E-state index is 13.2. The van der Waals surface area contributed by atoms with Gasteiger partial charge in [0.15, 0.2) is 6.23 Å². The molecule has 1 aliphatic rings. The first-order valence-corrected chi connectivity index (χ1v) is 15.7. The van der Waals surface area contributed by atoms with Crippen LogP contribution in [0.3, 0.4) is 0 Å². The van der Waals surface area contributed by atoms with E-state index in [-0.39, 0.29) is 15.1 Å². The van der Waals surface area contributed by atoms with Crippen molar-refractivity contribution in [3.8, 4) is 5.75 Å². The van der Waals surface area contributed by atoms with Gasteiger partial charge in [-0.2, -0.15) is 4.31 Å². The highest BCUT2D eigenvalue weighted by atomic mass is 79.9. The Morgan fingerprint density at radius 3 is 2.54 bits per heavy atom. The minimum absolute atomic E-state index is 0.0368. The van der Waals surface area contributed by atoms with E-state index in [1.165, 1.54) is 4.31 Å². The normalized spacial score (nSPS) is 17.4. The number of aromatic nitrogens is 1. The average Bonchev–Trinajstić information content (AvgIpc) is 3.38. The fourth-order valence-corrected chi connectivity index (χ4v) is 9.69. The largest absolute Gasteiger partial charge is 0.472 e. The zero-order valence-corrected chi connectivity index (χ0v) is 24.6. The summed E-state index contributed by atoms with van der Waals surface area (Å²) < 4.78 is 34.9. The van der Waals surface area contributed by atoms with Crippen LogP contribution in [0.25, 0.3) is 21.8 Å². The Bertz CT molecular complexity index is 1530. The number of fused-ring (bicyclic) bond motifs is 3. The number of aliphatic hydroxyl groups excluding tert-OH is 1. The number of benzene rings is 2. The van der Waals surface area contributed by atoms with Crippen molar-refractivity contribution < 1.29 is 18.3 Å². The first kappa shape index (κ1) is 27.2. The smallest absolute Gasteiger partial charge is 0.246 e. The number of aliphatic hydroxyl groups is 1. The minimum Gasteiger partial charge on any atom is -0.472 e. The Labute approximate surface area is 237 Å². The third-order valence-electron chi connectivity index (χ3n) is 6.69. The van der Waals surface area contributed by atoms with Gasteiger partial charge in [0.05, 0.1) is 9.99 Å². The van der Waals surface area contributed by atoms with Gasteiger partial charge < -0.3 is 14.8 Å². The quantitative estimate of drug-likeness (QED) is 0.197. The number of hydrogen-bond donors (Lipinski definition) is 3. The highest BCUT2D eigenvalue weighted by Crippen LogP contribution is 2.44. The zero-order chi connectivity index (χ0) is 26.3. The minimum atomic E-state index is -3.75. The number of para-hydroxylation sites is 1. The number of halogens is 3. The van der Waals surface area contributed by atoms with Crippen LogP contribution in [-0.2, 0) is 10.0 Å². The van der Waals surface area contributed by atoms with E-state index in [1.54, 1.807) is 6.92 Å². The van der Waals surface area contributed by atoms with Crippen LogP contribution >= 0.6 is 50.5 Å². The first-order chi connectivity index (χ1) is 17.7. The van der Waals surface area contributed by atoms with Crippen molar-refractivity contribution >= 4 is 82.3 Å². The molecule has 2 aromatic carbocycles. The van der Waals surface area contributed by atoms with Gasteiger partial charge in [-0.25, -0.2) is 8.42 Å². The van der Waals surface area contributed by atoms with Crippen molar-refractivity contribution in [2.75, 3.05) is 19.6 Å². The van der Waals surface area contributed by atoms with Crippen molar-refractivity contribution in [2.45, 2.75) is 37.0 Å². The van der Waals surface area contributed by atoms with Crippen LogP contribution in [0.4, 0.5) is 0 Å². The standard InChI is InChI=1S/C25H26BrCl2N3O4S2/c1-14(32)25(35-19-8-4-7-18-20(19)16-5-2-3-6-17(16)30-18)29-13-15-9-11-31(12-10-15)37(33,34)22-21(26)23(27)36-24(22)28/h2-8,14-15,25,29-30,32H,9-13H2,1H3/t14-,25?/m0/s1. The molecule has 0 saturated carbocycles. The highest BCUT2D eigenvalue weighted by Gasteiger charge is 2.35. The third kappa shape index (κ3) is 5.40. The molecule has 0 amide bonds. The van der Waals surface area contributed by atoms with E-state index in [4.69, 9.17) is 27.9 Å². The average molecular weight is 647 g/mol. The molecular formula is C25H26BrCl2N3O4S2. The van der Waals surface area contributed by atoms with E-state index < -0.39 is 22.4 Å². The van der Waals surface area contributed by atoms with Crippen LogP contribution < -0.4 is 10.1 Å². The van der Waals surface area contributed by atoms with Crippen LogP contribution in [0.15, 0.2) is 51.8 Å². The molecule has 1 fully saturated rings. The van der Waals surface area contributed by atoms with E-state index in [0.29, 0.717) is 47.0 Å². The number of nitrogens with one attached hydrogen (secondary N) is 2. The van der Waals surface area contributed by atoms with Crippen LogP contribution in [0.1, 0.15) is 19.8 Å². The molecule has 2 atom stereocenters. The molecule has 198 valence electrons. The lowest BCUT2D eigenvalue weighted by atomic mass is 9.98. The second-order valence-electron chi connectivity index (χ2n) is 9.18. The van der Waals surface area contributed by atoms with Crippen molar-refractivity contribution in [3.63, 3.8) is 0 Å². The molecule has 4 aromatic rings. The number of rotatable bonds is 8. The molecule has 1 saturated heterocycles. The molecule has 0 bridgehead atoms. The van der Waals surface area contributed by atoms with E-state index in [1.807, 2.05) is 42.5 Å². The molecule has 12 heteroatoms. The van der Waals surface area contributed by atoms with Crippen LogP contribution in [0.5, 0.6) is 5.75 Å². The Balaban J connectivity index is 1.24. The number of aromatic amines is 1. The molecule has 0 spiro atoms. The summed E-state index contributed by atoms with van der Waals surface area (Å²) in [7, 11) is -3.75. The molecule has 0 radical (unpaired) electrons. The molecule has 5 rings (SSSR count). The van der Waals surface area contributed by atoms with Crippen molar-refractivity contribution in [3.05, 3.63) is 55.6 Å². The lowest BCUT2D eigenvalue weighted by Gasteiger charge is -2.32. The molecule has 0 aliphatic carbocycles. The Morgan fingerprint density at radius 2 is 1.86 bits per heavy atom. The molecular weight excluding hydrogens is 621 g/mol. The molecule has 2 aromatic heterocycles. The summed E-state index contributed by atoms with van der Waals surface area (Å²) in [6, 6.07) is 13.9. The SMILES string of the molecule is C[C@H](O)C(NCC1CCN(S(=O)(=O)c2c(Cl)sc(Cl)c2Br)CC1)Oc1cccc2[nH]c3ccccc3c12. The summed E-state index contributed by atoms with van der Waals surface area (Å²) in [5.41, 5.74) is 1.99. The molecule has 1 unspecified atom stereocenters. The summed E-state index contributed by atoms with van der Waals surface area (Å²) in [5.74, 6) is 0.913. The summed E-state index contributed by atoms with van der Waals surface area (Å²) in [6.07, 6.45) is -0.0409. The highest BCUT2D eigenvalue weighted by molar-refractivity contribution is 9.10. The van der Waals surface area contributed by atoms with Crippen molar-refractivity contribution in [1.29, 1.82) is 0 Å². The topological polar surface area (TPSA) is 94.7 Å². The van der Waals surface area contributed by atoms with Gasteiger partial charge in [0.2, 0.25) is 10.0 Å². The number of piperidine rings is 1. The number of sulfonamides is 1. The second kappa shape index (κ2) is 11.0. The van der Waals surface area contributed by atoms with Crippen molar-refractivity contribution in [1.82, 2.24) is 14.6 Å². The number of hydrogen-bond acceptors (Lipinski definition) is 6. The Hall–Kier alpha value is -1.37. The molecule has 3 heterocycles. The molecule has 3 N–H and O–H groups in total. The van der Waals surface area contributed by atoms with Gasteiger partial charge in [-0.3, -0.25) is 5.32 Å². The summed E-state index contributed by atoms with van der Waals surface area (Å²) in [5, 5.41) is 15.8. The fraction of sp³-hybridized carbons (Fsp3) is 0.360. The van der Waals surface area contributed by atoms with Crippen molar-refractivity contribution in [2.24, 2.45) is 5.92 Å². The predicted molar refractivity (Wildman–Crippen MR) is 153 cm³/mol. The summed E-state index contributed by atoms with van der Waals surface area (Å²) in [6.45, 7) is 3.03. The fourth-order valence-electron chi connectivity index (χ4n) is 4.74. The molecule has 7 nitrogen and oxygen atoms in total. The van der Waals surface area contributed by atoms with Gasteiger partial charge in [0.1, 0.15) is 25.4 Å². The third-order valence-corrected chi connectivity index (χ3v) is 12.1. The molecule has 1 aliphatic heterocycles. The van der Waals surface area contributed by atoms with E-state index in [2.05, 4.69) is 26.2 Å². The van der Waals surface area contributed by atoms with Crippen LogP contribution in [0.2, 0.25) is 8.67 Å². The van der Waals surface area contributed by atoms with Gasteiger partial charge in [0.25, 0.3) is 0 Å². The number of H-pyrrole nitrogens is 1. The van der Waals surface area contributed by atoms with E-state index >= 15 is 0 Å². The Morgan fingerprint density at radius 1 is 1.16 bits per heavy atom. The summed E-state index contributed by atoms with van der Waals surface area (Å²) >= 11 is 16.5. The first-order valence-electron chi connectivity index (χ1n) is 11.9. The second-order valence-corrected chi connectivity index (χ2v) is 14.1. The monoisotopic (exact) mass is 645 g/mol. The zero-order valence-electron chi connectivity index (χ0n) is 19.9. The lowest BCUT2D eigenvalue weighted by molar-refractivity contribution is 0.0240. The Kier molecular flexibility index (Phi) is 8.10.